The van der Waals surface area contributed by atoms with Crippen molar-refractivity contribution < 1.29 is 19.1 Å². The molecule has 0 radical (unpaired) electrons. The van der Waals surface area contributed by atoms with Crippen LogP contribution in [0.2, 0.25) is 0 Å². The van der Waals surface area contributed by atoms with Gasteiger partial charge in [-0.05, 0) is 18.6 Å². The summed E-state index contributed by atoms with van der Waals surface area (Å²) in [6.07, 6.45) is 2.32. The van der Waals surface area contributed by atoms with E-state index in [2.05, 4.69) is 10.6 Å². The van der Waals surface area contributed by atoms with Crippen LogP contribution in [0.3, 0.4) is 0 Å². The van der Waals surface area contributed by atoms with Crippen molar-refractivity contribution in [2.45, 2.75) is 26.7 Å². The summed E-state index contributed by atoms with van der Waals surface area (Å²) in [6.45, 7) is 4.61. The molecule has 1 aromatic rings. The van der Waals surface area contributed by atoms with Crippen molar-refractivity contribution in [1.82, 2.24) is 10.6 Å². The Hall–Kier alpha value is -1.82. The minimum absolute atomic E-state index is 0.0203. The number of rotatable bonds is 8. The van der Waals surface area contributed by atoms with Crippen LogP contribution in [0.4, 0.5) is 0 Å². The van der Waals surface area contributed by atoms with E-state index in [0.717, 1.165) is 0 Å². The van der Waals surface area contributed by atoms with Gasteiger partial charge in [0.2, 0.25) is 5.91 Å². The van der Waals surface area contributed by atoms with E-state index in [4.69, 9.17) is 9.52 Å². The van der Waals surface area contributed by atoms with Crippen LogP contribution in [0, 0.1) is 5.41 Å². The second-order valence-electron chi connectivity index (χ2n) is 5.44. The lowest BCUT2D eigenvalue weighted by Crippen LogP contribution is -2.36. The molecule has 0 bridgehead atoms. The van der Waals surface area contributed by atoms with E-state index < -0.39 is 0 Å². The molecule has 0 saturated heterocycles. The van der Waals surface area contributed by atoms with Gasteiger partial charge in [-0.25, -0.2) is 0 Å². The third kappa shape index (κ3) is 5.88. The molecule has 0 fully saturated rings. The fourth-order valence-corrected chi connectivity index (χ4v) is 1.43. The molecule has 1 aromatic heterocycles. The maximum Gasteiger partial charge on any atom is 0.286 e. The summed E-state index contributed by atoms with van der Waals surface area (Å²) in [5, 5.41) is 14.5. The summed E-state index contributed by atoms with van der Waals surface area (Å²) in [4.78, 5) is 23.1. The lowest BCUT2D eigenvalue weighted by atomic mass is 9.95. The van der Waals surface area contributed by atoms with E-state index >= 15 is 0 Å². The molecular formula is C14H22N2O4. The molecule has 0 unspecified atom stereocenters. The SMILES string of the molecule is CC(C)(CO)CNC(=O)CCCNC(=O)c1ccco1. The summed E-state index contributed by atoms with van der Waals surface area (Å²) < 4.78 is 4.95. The predicted octanol–water partition coefficient (Wildman–Crippen LogP) is 0.924. The Morgan fingerprint density at radius 1 is 1.35 bits per heavy atom. The number of nitrogens with one attached hydrogen (secondary N) is 2. The zero-order valence-corrected chi connectivity index (χ0v) is 11.9. The standard InChI is InChI=1S/C14H22N2O4/c1-14(2,10-17)9-16-12(18)6-3-7-15-13(19)11-5-4-8-20-11/h4-5,8,17H,3,6-7,9-10H2,1-2H3,(H,15,19)(H,16,18). The minimum atomic E-state index is -0.316. The number of aliphatic hydroxyl groups excluding tert-OH is 1. The fourth-order valence-electron chi connectivity index (χ4n) is 1.43. The molecule has 1 rings (SSSR count). The van der Waals surface area contributed by atoms with Crippen LogP contribution in [0.1, 0.15) is 37.2 Å². The van der Waals surface area contributed by atoms with Gasteiger partial charge < -0.3 is 20.2 Å². The highest BCUT2D eigenvalue weighted by Gasteiger charge is 2.17. The molecule has 0 aliphatic heterocycles. The van der Waals surface area contributed by atoms with Crippen LogP contribution < -0.4 is 10.6 Å². The van der Waals surface area contributed by atoms with Gasteiger partial charge in [0.05, 0.1) is 6.26 Å². The zero-order chi connectivity index (χ0) is 15.0. The third-order valence-electron chi connectivity index (χ3n) is 2.80. The van der Waals surface area contributed by atoms with Gasteiger partial charge in [-0.3, -0.25) is 9.59 Å². The molecule has 1 heterocycles. The van der Waals surface area contributed by atoms with Crippen molar-refractivity contribution in [3.63, 3.8) is 0 Å². The number of hydrogen-bond donors (Lipinski definition) is 3. The molecule has 112 valence electrons. The van der Waals surface area contributed by atoms with Gasteiger partial charge in [0, 0.05) is 31.5 Å². The number of furan rings is 1. The first kappa shape index (κ1) is 16.2. The van der Waals surface area contributed by atoms with Gasteiger partial charge in [0.15, 0.2) is 5.76 Å². The first-order valence-corrected chi connectivity index (χ1v) is 6.64. The number of carbonyl (C=O) groups is 2. The Kier molecular flexibility index (Phi) is 6.24. The Morgan fingerprint density at radius 3 is 2.70 bits per heavy atom. The first-order valence-electron chi connectivity index (χ1n) is 6.64. The molecule has 0 aliphatic carbocycles. The Balaban J connectivity index is 2.12. The Bertz CT molecular complexity index is 426. The van der Waals surface area contributed by atoms with Gasteiger partial charge >= 0.3 is 0 Å². The van der Waals surface area contributed by atoms with Gasteiger partial charge in [-0.15, -0.1) is 0 Å². The molecule has 3 N–H and O–H groups in total. The number of aliphatic hydroxyl groups is 1. The van der Waals surface area contributed by atoms with Crippen molar-refractivity contribution >= 4 is 11.8 Å². The number of carbonyl (C=O) groups excluding carboxylic acids is 2. The molecule has 0 atom stereocenters. The molecule has 6 nitrogen and oxygen atoms in total. The van der Waals surface area contributed by atoms with Gasteiger partial charge in [-0.2, -0.15) is 0 Å². The van der Waals surface area contributed by atoms with Gasteiger partial charge in [0.25, 0.3) is 5.91 Å². The molecule has 0 spiro atoms. The normalized spacial score (nSPS) is 11.2. The second kappa shape index (κ2) is 7.69. The van der Waals surface area contributed by atoms with E-state index in [9.17, 15) is 9.59 Å². The van der Waals surface area contributed by atoms with E-state index in [1.165, 1.54) is 6.26 Å². The van der Waals surface area contributed by atoms with Crippen molar-refractivity contribution in [2.24, 2.45) is 5.41 Å². The maximum atomic E-state index is 11.6. The average molecular weight is 282 g/mol. The summed E-state index contributed by atoms with van der Waals surface area (Å²) in [6, 6.07) is 3.23. The molecule has 2 amide bonds. The summed E-state index contributed by atoms with van der Waals surface area (Å²) in [5.74, 6) is -0.102. The maximum absolute atomic E-state index is 11.6. The van der Waals surface area contributed by atoms with Crippen LogP contribution in [-0.4, -0.2) is 36.6 Å². The van der Waals surface area contributed by atoms with Crippen molar-refractivity contribution in [3.05, 3.63) is 24.2 Å². The van der Waals surface area contributed by atoms with Crippen LogP contribution in [0.15, 0.2) is 22.8 Å². The van der Waals surface area contributed by atoms with Crippen LogP contribution in [-0.2, 0) is 4.79 Å². The first-order chi connectivity index (χ1) is 9.44. The van der Waals surface area contributed by atoms with E-state index in [-0.39, 0.29) is 29.6 Å². The summed E-state index contributed by atoms with van der Waals surface area (Å²) >= 11 is 0. The smallest absolute Gasteiger partial charge is 0.286 e. The van der Waals surface area contributed by atoms with Crippen molar-refractivity contribution in [3.8, 4) is 0 Å². The van der Waals surface area contributed by atoms with Crippen LogP contribution in [0.25, 0.3) is 0 Å². The van der Waals surface area contributed by atoms with Crippen molar-refractivity contribution in [1.29, 1.82) is 0 Å². The largest absolute Gasteiger partial charge is 0.459 e. The average Bonchev–Trinajstić information content (AvgIpc) is 2.95. The monoisotopic (exact) mass is 282 g/mol. The molecule has 0 saturated carbocycles. The highest BCUT2D eigenvalue weighted by atomic mass is 16.3. The van der Waals surface area contributed by atoms with E-state index in [1.54, 1.807) is 12.1 Å². The number of hydrogen-bond acceptors (Lipinski definition) is 4. The fraction of sp³-hybridized carbons (Fsp3) is 0.571. The molecular weight excluding hydrogens is 260 g/mol. The summed E-state index contributed by atoms with van der Waals surface area (Å²) in [7, 11) is 0. The second-order valence-corrected chi connectivity index (χ2v) is 5.44. The zero-order valence-electron chi connectivity index (χ0n) is 11.9. The highest BCUT2D eigenvalue weighted by molar-refractivity contribution is 5.91. The van der Waals surface area contributed by atoms with Gasteiger partial charge in [0.1, 0.15) is 0 Å². The molecule has 0 aromatic carbocycles. The Morgan fingerprint density at radius 2 is 2.10 bits per heavy atom. The predicted molar refractivity (Wildman–Crippen MR) is 74.2 cm³/mol. The van der Waals surface area contributed by atoms with Crippen molar-refractivity contribution in [2.75, 3.05) is 19.7 Å². The van der Waals surface area contributed by atoms with Crippen LogP contribution >= 0.6 is 0 Å². The van der Waals surface area contributed by atoms with Gasteiger partial charge in [-0.1, -0.05) is 13.8 Å². The Labute approximate surface area is 118 Å². The lowest BCUT2D eigenvalue weighted by Gasteiger charge is -2.21. The molecule has 6 heteroatoms. The highest BCUT2D eigenvalue weighted by Crippen LogP contribution is 2.11. The lowest BCUT2D eigenvalue weighted by molar-refractivity contribution is -0.121. The number of amides is 2. The minimum Gasteiger partial charge on any atom is -0.459 e. The van der Waals surface area contributed by atoms with E-state index in [1.807, 2.05) is 13.8 Å². The third-order valence-corrected chi connectivity index (χ3v) is 2.80. The molecule has 0 aliphatic rings. The summed E-state index contributed by atoms with van der Waals surface area (Å²) in [5.41, 5.74) is -0.316. The quantitative estimate of drug-likeness (QED) is 0.618. The topological polar surface area (TPSA) is 91.6 Å². The van der Waals surface area contributed by atoms with Crippen LogP contribution in [0.5, 0.6) is 0 Å². The molecule has 20 heavy (non-hydrogen) atoms. The van der Waals surface area contributed by atoms with E-state index in [0.29, 0.717) is 25.9 Å².